The minimum Gasteiger partial charge on any atom is -0.355 e. The average Bonchev–Trinajstić information content (AvgIpc) is 3.24. The summed E-state index contributed by atoms with van der Waals surface area (Å²) >= 11 is 0. The van der Waals surface area contributed by atoms with Gasteiger partial charge in [0, 0.05) is 45.3 Å². The minimum atomic E-state index is 0. The highest BCUT2D eigenvalue weighted by molar-refractivity contribution is 14.0. The van der Waals surface area contributed by atoms with Crippen molar-refractivity contribution in [2.45, 2.75) is 58.5 Å². The highest BCUT2D eigenvalue weighted by Crippen LogP contribution is 2.27. The minimum absolute atomic E-state index is 0. The van der Waals surface area contributed by atoms with Crippen LogP contribution in [0.15, 0.2) is 4.99 Å². The van der Waals surface area contributed by atoms with Gasteiger partial charge in [-0.1, -0.05) is 6.92 Å². The summed E-state index contributed by atoms with van der Waals surface area (Å²) in [5, 5.41) is 3.56. The first kappa shape index (κ1) is 19.0. The van der Waals surface area contributed by atoms with Crippen LogP contribution in [0.5, 0.6) is 0 Å². The molecular formula is C16H33IN4. The van der Waals surface area contributed by atoms with E-state index in [-0.39, 0.29) is 24.0 Å². The van der Waals surface area contributed by atoms with E-state index in [0.29, 0.717) is 6.04 Å². The Morgan fingerprint density at radius 2 is 1.86 bits per heavy atom. The van der Waals surface area contributed by atoms with Crippen LogP contribution in [0.4, 0.5) is 0 Å². The number of nitrogens with zero attached hydrogens (tertiary/aromatic N) is 3. The van der Waals surface area contributed by atoms with Crippen molar-refractivity contribution in [1.82, 2.24) is 15.1 Å². The zero-order valence-electron chi connectivity index (χ0n) is 14.1. The quantitative estimate of drug-likeness (QED) is 0.431. The molecule has 2 aliphatic rings. The van der Waals surface area contributed by atoms with Crippen LogP contribution in [-0.4, -0.2) is 61.1 Å². The predicted molar refractivity (Wildman–Crippen MR) is 102 cm³/mol. The van der Waals surface area contributed by atoms with E-state index in [1.807, 2.05) is 7.05 Å². The van der Waals surface area contributed by atoms with Gasteiger partial charge in [-0.15, -0.1) is 24.0 Å². The topological polar surface area (TPSA) is 30.9 Å². The lowest BCUT2D eigenvalue weighted by molar-refractivity contribution is 0.213. The molecule has 1 saturated heterocycles. The molecule has 0 atom stereocenters. The zero-order chi connectivity index (χ0) is 14.5. The summed E-state index contributed by atoms with van der Waals surface area (Å²) in [7, 11) is 1.90. The summed E-state index contributed by atoms with van der Waals surface area (Å²) in [4.78, 5) is 9.49. The monoisotopic (exact) mass is 408 g/mol. The summed E-state index contributed by atoms with van der Waals surface area (Å²) in [6, 6.07) is 1.50. The number of aliphatic imine (C=N–C) groups is 1. The van der Waals surface area contributed by atoms with Crippen LogP contribution in [0, 0.1) is 5.92 Å². The maximum Gasteiger partial charge on any atom is 0.193 e. The fourth-order valence-electron chi connectivity index (χ4n) is 3.12. The molecule has 0 aromatic carbocycles. The van der Waals surface area contributed by atoms with E-state index in [4.69, 9.17) is 0 Å². The van der Waals surface area contributed by atoms with Crippen molar-refractivity contribution >= 4 is 29.9 Å². The Bertz CT molecular complexity index is 318. The van der Waals surface area contributed by atoms with Crippen molar-refractivity contribution in [2.24, 2.45) is 10.9 Å². The third-order valence-electron chi connectivity index (χ3n) is 4.63. The summed E-state index contributed by atoms with van der Waals surface area (Å²) in [6.45, 7) is 11.4. The highest BCUT2D eigenvalue weighted by atomic mass is 127. The predicted octanol–water partition coefficient (Wildman–Crippen LogP) is 2.78. The number of rotatable bonds is 5. The van der Waals surface area contributed by atoms with Crippen molar-refractivity contribution in [2.75, 3.05) is 33.2 Å². The number of guanidine groups is 1. The number of hydrogen-bond donors (Lipinski definition) is 1. The van der Waals surface area contributed by atoms with E-state index in [9.17, 15) is 0 Å². The van der Waals surface area contributed by atoms with E-state index < -0.39 is 0 Å². The molecule has 1 heterocycles. The fraction of sp³-hybridized carbons (Fsp3) is 0.938. The molecule has 0 aromatic heterocycles. The van der Waals surface area contributed by atoms with Crippen LogP contribution in [-0.2, 0) is 0 Å². The second-order valence-electron chi connectivity index (χ2n) is 6.71. The molecule has 1 N–H and O–H groups in total. The molecule has 0 unspecified atom stereocenters. The molecule has 0 aromatic rings. The molecule has 1 aliphatic carbocycles. The molecule has 2 rings (SSSR count). The van der Waals surface area contributed by atoms with Gasteiger partial charge in [-0.3, -0.25) is 9.89 Å². The van der Waals surface area contributed by atoms with Crippen LogP contribution < -0.4 is 5.32 Å². The lowest BCUT2D eigenvalue weighted by Gasteiger charge is -2.33. The van der Waals surface area contributed by atoms with E-state index >= 15 is 0 Å². The largest absolute Gasteiger partial charge is 0.355 e. The van der Waals surface area contributed by atoms with Gasteiger partial charge in [0.05, 0.1) is 0 Å². The Morgan fingerprint density at radius 1 is 1.24 bits per heavy atom. The van der Waals surface area contributed by atoms with Crippen molar-refractivity contribution in [1.29, 1.82) is 0 Å². The van der Waals surface area contributed by atoms with Crippen molar-refractivity contribution in [3.63, 3.8) is 0 Å². The molecule has 2 fully saturated rings. The van der Waals surface area contributed by atoms with Gasteiger partial charge in [-0.05, 0) is 45.4 Å². The molecule has 21 heavy (non-hydrogen) atoms. The second-order valence-corrected chi connectivity index (χ2v) is 6.71. The SMILES string of the molecule is CN=C(NCCN(C(C)C)C1CC1)N1CCC(C)CC1.I. The fourth-order valence-corrected chi connectivity index (χ4v) is 3.12. The van der Waals surface area contributed by atoms with Gasteiger partial charge in [0.1, 0.15) is 0 Å². The van der Waals surface area contributed by atoms with E-state index in [1.54, 1.807) is 0 Å². The number of halogens is 1. The average molecular weight is 408 g/mol. The first-order chi connectivity index (χ1) is 9.61. The number of likely N-dealkylation sites (tertiary alicyclic amines) is 1. The third-order valence-corrected chi connectivity index (χ3v) is 4.63. The van der Waals surface area contributed by atoms with E-state index in [2.05, 4.69) is 40.9 Å². The molecule has 0 radical (unpaired) electrons. The first-order valence-corrected chi connectivity index (χ1v) is 8.33. The Balaban J connectivity index is 0.00000220. The highest BCUT2D eigenvalue weighted by Gasteiger charge is 2.30. The molecule has 5 heteroatoms. The van der Waals surface area contributed by atoms with E-state index in [0.717, 1.165) is 44.1 Å². The summed E-state index contributed by atoms with van der Waals surface area (Å²) in [6.07, 6.45) is 5.36. The van der Waals surface area contributed by atoms with Crippen LogP contribution in [0.3, 0.4) is 0 Å². The summed E-state index contributed by atoms with van der Waals surface area (Å²) in [5.41, 5.74) is 0. The Kier molecular flexibility index (Phi) is 8.31. The van der Waals surface area contributed by atoms with Crippen LogP contribution in [0.2, 0.25) is 0 Å². The zero-order valence-corrected chi connectivity index (χ0v) is 16.5. The molecule has 0 bridgehead atoms. The van der Waals surface area contributed by atoms with Crippen LogP contribution in [0.25, 0.3) is 0 Å². The molecule has 1 saturated carbocycles. The van der Waals surface area contributed by atoms with Gasteiger partial charge in [0.25, 0.3) is 0 Å². The van der Waals surface area contributed by atoms with Crippen LogP contribution in [0.1, 0.15) is 46.5 Å². The molecule has 0 spiro atoms. The second kappa shape index (κ2) is 9.18. The third kappa shape index (κ3) is 5.93. The lowest BCUT2D eigenvalue weighted by Crippen LogP contribution is -2.48. The van der Waals surface area contributed by atoms with Gasteiger partial charge >= 0.3 is 0 Å². The summed E-state index contributed by atoms with van der Waals surface area (Å²) < 4.78 is 0. The van der Waals surface area contributed by atoms with Gasteiger partial charge in [-0.25, -0.2) is 0 Å². The maximum atomic E-state index is 4.45. The Hall–Kier alpha value is -0.0400. The molecule has 1 aliphatic heterocycles. The van der Waals surface area contributed by atoms with Crippen molar-refractivity contribution < 1.29 is 0 Å². The first-order valence-electron chi connectivity index (χ1n) is 8.33. The lowest BCUT2D eigenvalue weighted by atomic mass is 10.00. The Labute approximate surface area is 147 Å². The molecule has 124 valence electrons. The standard InChI is InChI=1S/C16H32N4.HI/c1-13(2)20(15-5-6-15)12-9-18-16(17-4)19-10-7-14(3)8-11-19;/h13-15H,5-12H2,1-4H3,(H,17,18);1H. The van der Waals surface area contributed by atoms with Crippen molar-refractivity contribution in [3.05, 3.63) is 0 Å². The molecular weight excluding hydrogens is 375 g/mol. The van der Waals surface area contributed by atoms with E-state index in [1.165, 1.54) is 25.7 Å². The van der Waals surface area contributed by atoms with Crippen LogP contribution >= 0.6 is 24.0 Å². The number of nitrogens with one attached hydrogen (secondary N) is 1. The number of piperidine rings is 1. The molecule has 0 amide bonds. The maximum absolute atomic E-state index is 4.45. The Morgan fingerprint density at radius 3 is 2.33 bits per heavy atom. The van der Waals surface area contributed by atoms with Gasteiger partial charge < -0.3 is 10.2 Å². The normalized spacial score (nSPS) is 20.9. The molecule has 4 nitrogen and oxygen atoms in total. The number of hydrogen-bond acceptors (Lipinski definition) is 2. The summed E-state index contributed by atoms with van der Waals surface area (Å²) in [5.74, 6) is 1.96. The van der Waals surface area contributed by atoms with Gasteiger partial charge in [0.15, 0.2) is 5.96 Å². The van der Waals surface area contributed by atoms with Gasteiger partial charge in [-0.2, -0.15) is 0 Å². The van der Waals surface area contributed by atoms with Crippen molar-refractivity contribution in [3.8, 4) is 0 Å². The smallest absolute Gasteiger partial charge is 0.193 e. The van der Waals surface area contributed by atoms with Gasteiger partial charge in [0.2, 0.25) is 0 Å².